The van der Waals surface area contributed by atoms with Gasteiger partial charge in [0, 0.05) is 26.2 Å². The average molecular weight is 170 g/mol. The Labute approximate surface area is 76.5 Å². The van der Waals surface area contributed by atoms with Crippen molar-refractivity contribution in [2.24, 2.45) is 5.41 Å². The molecule has 0 bridgehead atoms. The molecular weight excluding hydrogens is 148 g/mol. The first kappa shape index (κ1) is 10.0. The van der Waals surface area contributed by atoms with Gasteiger partial charge in [0.1, 0.15) is 0 Å². The molecule has 0 radical (unpaired) electrons. The monoisotopic (exact) mass is 170 g/mol. The van der Waals surface area contributed by atoms with Gasteiger partial charge in [0.15, 0.2) is 0 Å². The van der Waals surface area contributed by atoms with E-state index < -0.39 is 0 Å². The minimum absolute atomic E-state index is 0.321. The van der Waals surface area contributed by atoms with E-state index in [1.807, 2.05) is 0 Å². The third-order valence-electron chi connectivity index (χ3n) is 3.76. The Kier molecular flexibility index (Phi) is 2.26. The number of rotatable bonds is 0. The van der Waals surface area contributed by atoms with Crippen molar-refractivity contribution in [3.05, 3.63) is 0 Å². The maximum absolute atomic E-state index is 2.38. The molecule has 72 valence electrons. The standard InChI is InChI=1S/C10H22N2/c1-9(2,3)10(4)7-8-11(5)12(10)6/h7-8H2,1-6H3. The van der Waals surface area contributed by atoms with Gasteiger partial charge in [-0.15, -0.1) is 0 Å². The third kappa shape index (κ3) is 1.27. The molecular formula is C10H22N2. The first-order chi connectivity index (χ1) is 5.29. The van der Waals surface area contributed by atoms with Crippen molar-refractivity contribution in [2.75, 3.05) is 20.6 Å². The molecule has 1 fully saturated rings. The molecule has 0 aromatic carbocycles. The van der Waals surface area contributed by atoms with Crippen LogP contribution in [0.1, 0.15) is 34.1 Å². The van der Waals surface area contributed by atoms with E-state index in [-0.39, 0.29) is 0 Å². The first-order valence-corrected chi connectivity index (χ1v) is 4.74. The van der Waals surface area contributed by atoms with Gasteiger partial charge in [-0.2, -0.15) is 0 Å². The Hall–Kier alpha value is -0.0800. The molecule has 1 rings (SSSR count). The molecule has 1 saturated heterocycles. The van der Waals surface area contributed by atoms with Crippen LogP contribution in [0.15, 0.2) is 0 Å². The molecule has 0 saturated carbocycles. The summed E-state index contributed by atoms with van der Waals surface area (Å²) < 4.78 is 0. The van der Waals surface area contributed by atoms with Gasteiger partial charge in [0.05, 0.1) is 0 Å². The molecule has 1 heterocycles. The van der Waals surface area contributed by atoms with Crippen molar-refractivity contribution in [1.82, 2.24) is 10.0 Å². The van der Waals surface area contributed by atoms with Gasteiger partial charge < -0.3 is 0 Å². The van der Waals surface area contributed by atoms with Gasteiger partial charge in [-0.25, -0.2) is 10.0 Å². The quantitative estimate of drug-likeness (QED) is 0.548. The molecule has 1 unspecified atom stereocenters. The summed E-state index contributed by atoms with van der Waals surface area (Å²) in [7, 11) is 4.36. The highest BCUT2D eigenvalue weighted by Gasteiger charge is 2.46. The summed E-state index contributed by atoms with van der Waals surface area (Å²) in [5.74, 6) is 0. The number of hydrazine groups is 1. The van der Waals surface area contributed by atoms with Crippen LogP contribution < -0.4 is 0 Å². The highest BCUT2D eigenvalue weighted by molar-refractivity contribution is 4.97. The normalized spacial score (nSPS) is 34.5. The molecule has 2 heteroatoms. The Bertz CT molecular complexity index is 171. The second-order valence-electron chi connectivity index (χ2n) is 5.18. The number of hydrogen-bond donors (Lipinski definition) is 0. The molecule has 2 nitrogen and oxygen atoms in total. The van der Waals surface area contributed by atoms with E-state index >= 15 is 0 Å². The van der Waals surface area contributed by atoms with Crippen LogP contribution in [0.5, 0.6) is 0 Å². The van der Waals surface area contributed by atoms with Crippen molar-refractivity contribution in [2.45, 2.75) is 39.7 Å². The van der Waals surface area contributed by atoms with Crippen LogP contribution in [0.3, 0.4) is 0 Å². The van der Waals surface area contributed by atoms with Crippen LogP contribution in [0.2, 0.25) is 0 Å². The second-order valence-corrected chi connectivity index (χ2v) is 5.18. The lowest BCUT2D eigenvalue weighted by molar-refractivity contribution is -0.0488. The highest BCUT2D eigenvalue weighted by Crippen LogP contribution is 2.41. The van der Waals surface area contributed by atoms with Gasteiger partial charge in [-0.1, -0.05) is 20.8 Å². The lowest BCUT2D eigenvalue weighted by Gasteiger charge is -2.45. The highest BCUT2D eigenvalue weighted by atomic mass is 15.7. The molecule has 0 aromatic rings. The van der Waals surface area contributed by atoms with E-state index in [0.29, 0.717) is 11.0 Å². The van der Waals surface area contributed by atoms with E-state index in [4.69, 9.17) is 0 Å². The van der Waals surface area contributed by atoms with Crippen molar-refractivity contribution in [3.63, 3.8) is 0 Å². The predicted octanol–water partition coefficient (Wildman–Crippen LogP) is 1.97. The second kappa shape index (κ2) is 2.71. The van der Waals surface area contributed by atoms with Crippen molar-refractivity contribution in [1.29, 1.82) is 0 Å². The summed E-state index contributed by atoms with van der Waals surface area (Å²) >= 11 is 0. The van der Waals surface area contributed by atoms with Crippen molar-refractivity contribution < 1.29 is 0 Å². The lowest BCUT2D eigenvalue weighted by atomic mass is 9.73. The van der Waals surface area contributed by atoms with E-state index in [2.05, 4.69) is 51.8 Å². The Balaban J connectivity index is 2.86. The first-order valence-electron chi connectivity index (χ1n) is 4.74. The summed E-state index contributed by atoms with van der Waals surface area (Å²) in [6.07, 6.45) is 1.27. The van der Waals surface area contributed by atoms with Crippen LogP contribution in [0, 0.1) is 5.41 Å². The average Bonchev–Trinajstić information content (AvgIpc) is 2.16. The molecule has 0 aromatic heterocycles. The zero-order chi connectivity index (χ0) is 9.57. The Morgan fingerprint density at radius 3 is 1.83 bits per heavy atom. The minimum atomic E-state index is 0.321. The Morgan fingerprint density at radius 1 is 1.17 bits per heavy atom. The summed E-state index contributed by atoms with van der Waals surface area (Å²) in [6, 6.07) is 0. The molecule has 0 aliphatic carbocycles. The maximum Gasteiger partial charge on any atom is 0.0386 e. The SMILES string of the molecule is CN1CCC(C)(C(C)(C)C)N1C. The van der Waals surface area contributed by atoms with Crippen LogP contribution >= 0.6 is 0 Å². The topological polar surface area (TPSA) is 6.48 Å². The van der Waals surface area contributed by atoms with Crippen LogP contribution in [-0.4, -0.2) is 36.2 Å². The van der Waals surface area contributed by atoms with Gasteiger partial charge in [0.2, 0.25) is 0 Å². The maximum atomic E-state index is 2.38. The van der Waals surface area contributed by atoms with Crippen LogP contribution in [0.25, 0.3) is 0 Å². The molecule has 1 atom stereocenters. The van der Waals surface area contributed by atoms with Crippen molar-refractivity contribution >= 4 is 0 Å². The molecule has 0 amide bonds. The van der Waals surface area contributed by atoms with Gasteiger partial charge in [-0.3, -0.25) is 0 Å². The number of nitrogens with zero attached hydrogens (tertiary/aromatic N) is 2. The lowest BCUT2D eigenvalue weighted by Crippen LogP contribution is -2.52. The molecule has 0 spiro atoms. The summed E-state index contributed by atoms with van der Waals surface area (Å²) in [6.45, 7) is 10.5. The molecule has 1 aliphatic rings. The van der Waals surface area contributed by atoms with E-state index in [1.54, 1.807) is 0 Å². The summed E-state index contributed by atoms with van der Waals surface area (Å²) in [4.78, 5) is 0. The summed E-state index contributed by atoms with van der Waals surface area (Å²) in [5.41, 5.74) is 0.675. The van der Waals surface area contributed by atoms with Crippen molar-refractivity contribution in [3.8, 4) is 0 Å². The van der Waals surface area contributed by atoms with Gasteiger partial charge in [0.25, 0.3) is 0 Å². The van der Waals surface area contributed by atoms with E-state index in [9.17, 15) is 0 Å². The van der Waals surface area contributed by atoms with Crippen LogP contribution in [0.4, 0.5) is 0 Å². The molecule has 0 N–H and O–H groups in total. The zero-order valence-corrected chi connectivity index (χ0v) is 9.31. The van der Waals surface area contributed by atoms with Gasteiger partial charge in [-0.05, 0) is 18.8 Å². The van der Waals surface area contributed by atoms with E-state index in [0.717, 1.165) is 0 Å². The zero-order valence-electron chi connectivity index (χ0n) is 9.31. The van der Waals surface area contributed by atoms with Gasteiger partial charge >= 0.3 is 0 Å². The third-order valence-corrected chi connectivity index (χ3v) is 3.76. The molecule has 12 heavy (non-hydrogen) atoms. The number of hydrogen-bond acceptors (Lipinski definition) is 2. The fourth-order valence-corrected chi connectivity index (χ4v) is 1.93. The fourth-order valence-electron chi connectivity index (χ4n) is 1.93. The largest absolute Gasteiger partial charge is 0.245 e. The predicted molar refractivity (Wildman–Crippen MR) is 52.9 cm³/mol. The molecule has 1 aliphatic heterocycles. The van der Waals surface area contributed by atoms with E-state index in [1.165, 1.54) is 13.0 Å². The fraction of sp³-hybridized carbons (Fsp3) is 1.00. The minimum Gasteiger partial charge on any atom is -0.245 e. The Morgan fingerprint density at radius 2 is 1.67 bits per heavy atom. The van der Waals surface area contributed by atoms with Crippen LogP contribution in [-0.2, 0) is 0 Å². The summed E-state index contributed by atoms with van der Waals surface area (Å²) in [5, 5.41) is 4.69. The smallest absolute Gasteiger partial charge is 0.0386 e.